The molecule has 2 aromatic carbocycles. The molecule has 3 aromatic rings. The summed E-state index contributed by atoms with van der Waals surface area (Å²) in [6.45, 7) is 5.39. The van der Waals surface area contributed by atoms with Gasteiger partial charge in [-0.1, -0.05) is 53.6 Å². The third kappa shape index (κ3) is 5.43. The van der Waals surface area contributed by atoms with Crippen molar-refractivity contribution in [2.24, 2.45) is 0 Å². The van der Waals surface area contributed by atoms with Crippen LogP contribution in [0.5, 0.6) is 0 Å². The fraction of sp³-hybridized carbons (Fsp3) is 0.320. The Balaban J connectivity index is 1.49. The Morgan fingerprint density at radius 3 is 2.61 bits per heavy atom. The first-order valence-corrected chi connectivity index (χ1v) is 11.4. The van der Waals surface area contributed by atoms with Gasteiger partial charge < -0.3 is 15.4 Å². The predicted octanol–water partition coefficient (Wildman–Crippen LogP) is 4.36. The zero-order chi connectivity index (χ0) is 23.4. The van der Waals surface area contributed by atoms with Gasteiger partial charge in [-0.3, -0.25) is 9.59 Å². The van der Waals surface area contributed by atoms with Crippen LogP contribution >= 0.6 is 11.6 Å². The fourth-order valence-corrected chi connectivity index (χ4v) is 4.18. The fourth-order valence-electron chi connectivity index (χ4n) is 3.86. The summed E-state index contributed by atoms with van der Waals surface area (Å²) in [7, 11) is 0. The Bertz CT molecular complexity index is 1150. The molecule has 0 aliphatic carbocycles. The van der Waals surface area contributed by atoms with Crippen LogP contribution in [0.3, 0.4) is 0 Å². The number of aromatic nitrogens is 2. The van der Waals surface area contributed by atoms with E-state index in [0.717, 1.165) is 25.0 Å². The van der Waals surface area contributed by atoms with Gasteiger partial charge in [-0.2, -0.15) is 5.10 Å². The molecule has 8 heteroatoms. The van der Waals surface area contributed by atoms with Crippen molar-refractivity contribution in [2.75, 3.05) is 18.5 Å². The number of hydrogen-bond donors (Lipinski definition) is 2. The van der Waals surface area contributed by atoms with Crippen molar-refractivity contribution >= 4 is 29.1 Å². The number of amides is 2. The smallest absolute Gasteiger partial charge is 0.260 e. The number of benzene rings is 2. The molecule has 33 heavy (non-hydrogen) atoms. The maximum atomic E-state index is 13.1. The molecule has 2 heterocycles. The first kappa shape index (κ1) is 23.0. The number of carbonyl (C=O) groups excluding carboxylic acids is 2. The topological polar surface area (TPSA) is 85.2 Å². The van der Waals surface area contributed by atoms with Gasteiger partial charge in [0.05, 0.1) is 35.2 Å². The van der Waals surface area contributed by atoms with Crippen molar-refractivity contribution in [2.45, 2.75) is 39.3 Å². The van der Waals surface area contributed by atoms with Gasteiger partial charge in [0.15, 0.2) is 0 Å². The van der Waals surface area contributed by atoms with Crippen molar-refractivity contribution in [3.05, 3.63) is 81.6 Å². The standard InChI is InChI=1S/C25H27ClN4O3/c1-16-9-11-18(12-10-16)15-30-23(26)22(17(2)29-30)25(32)28-21-8-4-3-7-20(21)24(31)27-14-19-6-5-13-33-19/h3-4,7-12,19H,5-6,13-15H2,1-2H3,(H,27,31)(H,28,32). The number of hydrogen-bond acceptors (Lipinski definition) is 4. The quantitative estimate of drug-likeness (QED) is 0.541. The van der Waals surface area contributed by atoms with Gasteiger partial charge in [-0.15, -0.1) is 0 Å². The number of para-hydroxylation sites is 1. The number of halogens is 1. The van der Waals surface area contributed by atoms with E-state index >= 15 is 0 Å². The van der Waals surface area contributed by atoms with Crippen LogP contribution in [0.2, 0.25) is 5.15 Å². The van der Waals surface area contributed by atoms with Gasteiger partial charge in [-0.05, 0) is 44.4 Å². The highest BCUT2D eigenvalue weighted by Crippen LogP contribution is 2.24. The zero-order valence-corrected chi connectivity index (χ0v) is 19.5. The van der Waals surface area contributed by atoms with Crippen molar-refractivity contribution in [1.82, 2.24) is 15.1 Å². The van der Waals surface area contributed by atoms with Gasteiger partial charge in [0.25, 0.3) is 11.8 Å². The highest BCUT2D eigenvalue weighted by atomic mass is 35.5. The first-order chi connectivity index (χ1) is 15.9. The highest BCUT2D eigenvalue weighted by Gasteiger charge is 2.23. The van der Waals surface area contributed by atoms with E-state index in [1.807, 2.05) is 31.2 Å². The third-order valence-corrected chi connectivity index (χ3v) is 6.06. The van der Waals surface area contributed by atoms with Crippen LogP contribution in [0.1, 0.15) is 50.4 Å². The Hall–Kier alpha value is -3.16. The lowest BCUT2D eigenvalue weighted by Gasteiger charge is -2.14. The summed E-state index contributed by atoms with van der Waals surface area (Å²) in [5.41, 5.74) is 3.80. The van der Waals surface area contributed by atoms with Crippen LogP contribution in [0.15, 0.2) is 48.5 Å². The second kappa shape index (κ2) is 10.2. The molecule has 1 saturated heterocycles. The first-order valence-electron chi connectivity index (χ1n) is 11.0. The summed E-state index contributed by atoms with van der Waals surface area (Å²) in [5.74, 6) is -0.675. The highest BCUT2D eigenvalue weighted by molar-refractivity contribution is 6.33. The molecule has 0 spiro atoms. The van der Waals surface area contributed by atoms with Gasteiger partial charge in [-0.25, -0.2) is 4.68 Å². The average molecular weight is 467 g/mol. The molecule has 172 valence electrons. The predicted molar refractivity (Wildman–Crippen MR) is 128 cm³/mol. The van der Waals surface area contributed by atoms with Crippen LogP contribution in [0.4, 0.5) is 5.69 Å². The number of aryl methyl sites for hydroxylation is 2. The Labute approximate surface area is 198 Å². The summed E-state index contributed by atoms with van der Waals surface area (Å²) in [4.78, 5) is 25.9. The third-order valence-electron chi connectivity index (χ3n) is 5.68. The number of ether oxygens (including phenoxy) is 1. The minimum Gasteiger partial charge on any atom is -0.376 e. The van der Waals surface area contributed by atoms with E-state index in [0.29, 0.717) is 35.6 Å². The van der Waals surface area contributed by atoms with E-state index in [9.17, 15) is 9.59 Å². The monoisotopic (exact) mass is 466 g/mol. The van der Waals surface area contributed by atoms with Crippen molar-refractivity contribution in [3.63, 3.8) is 0 Å². The minimum absolute atomic E-state index is 0.0385. The van der Waals surface area contributed by atoms with Gasteiger partial charge in [0.1, 0.15) is 5.15 Å². The molecule has 2 N–H and O–H groups in total. The summed E-state index contributed by atoms with van der Waals surface area (Å²) in [5, 5.41) is 10.4. The second-order valence-electron chi connectivity index (χ2n) is 8.24. The van der Waals surface area contributed by atoms with Crippen molar-refractivity contribution < 1.29 is 14.3 Å². The van der Waals surface area contributed by atoms with Gasteiger partial charge in [0, 0.05) is 13.2 Å². The van der Waals surface area contributed by atoms with E-state index in [1.54, 1.807) is 35.9 Å². The lowest BCUT2D eigenvalue weighted by molar-refractivity contribution is 0.0858. The van der Waals surface area contributed by atoms with E-state index in [2.05, 4.69) is 15.7 Å². The van der Waals surface area contributed by atoms with Crippen LogP contribution in [0.25, 0.3) is 0 Å². The molecule has 0 saturated carbocycles. The summed E-state index contributed by atoms with van der Waals surface area (Å²) in [6, 6.07) is 15.0. The van der Waals surface area contributed by atoms with Gasteiger partial charge in [0.2, 0.25) is 0 Å². The Morgan fingerprint density at radius 1 is 1.12 bits per heavy atom. The summed E-state index contributed by atoms with van der Waals surface area (Å²) < 4.78 is 7.17. The van der Waals surface area contributed by atoms with E-state index < -0.39 is 5.91 Å². The van der Waals surface area contributed by atoms with Crippen molar-refractivity contribution in [1.29, 1.82) is 0 Å². The molecule has 0 bridgehead atoms. The molecule has 0 radical (unpaired) electrons. The molecule has 2 amide bonds. The number of nitrogens with zero attached hydrogens (tertiary/aromatic N) is 2. The number of rotatable bonds is 7. The second-order valence-corrected chi connectivity index (χ2v) is 8.60. The molecular formula is C25H27ClN4O3. The number of carbonyl (C=O) groups is 2. The molecule has 1 unspecified atom stereocenters. The van der Waals surface area contributed by atoms with E-state index in [4.69, 9.17) is 16.3 Å². The normalized spacial score (nSPS) is 15.4. The summed E-state index contributed by atoms with van der Waals surface area (Å²) in [6.07, 6.45) is 1.98. The maximum absolute atomic E-state index is 13.1. The van der Waals surface area contributed by atoms with Crippen LogP contribution in [0, 0.1) is 13.8 Å². The zero-order valence-electron chi connectivity index (χ0n) is 18.7. The summed E-state index contributed by atoms with van der Waals surface area (Å²) >= 11 is 6.54. The molecule has 1 aromatic heterocycles. The molecular weight excluding hydrogens is 440 g/mol. The van der Waals surface area contributed by atoms with Gasteiger partial charge >= 0.3 is 0 Å². The molecule has 1 aliphatic rings. The number of nitrogens with one attached hydrogen (secondary N) is 2. The number of anilines is 1. The molecule has 1 atom stereocenters. The van der Waals surface area contributed by atoms with Crippen LogP contribution in [-0.2, 0) is 11.3 Å². The van der Waals surface area contributed by atoms with Crippen LogP contribution < -0.4 is 10.6 Å². The molecule has 1 fully saturated rings. The molecule has 7 nitrogen and oxygen atoms in total. The molecule has 4 rings (SSSR count). The lowest BCUT2D eigenvalue weighted by atomic mass is 10.1. The average Bonchev–Trinajstić information content (AvgIpc) is 3.41. The lowest BCUT2D eigenvalue weighted by Crippen LogP contribution is -2.32. The molecule has 1 aliphatic heterocycles. The SMILES string of the molecule is Cc1ccc(Cn2nc(C)c(C(=O)Nc3ccccc3C(=O)NCC3CCCO3)c2Cl)cc1. The van der Waals surface area contributed by atoms with Crippen molar-refractivity contribution in [3.8, 4) is 0 Å². The van der Waals surface area contributed by atoms with Crippen LogP contribution in [-0.4, -0.2) is 40.9 Å². The maximum Gasteiger partial charge on any atom is 0.260 e. The van der Waals surface area contributed by atoms with E-state index in [1.165, 1.54) is 5.56 Å². The minimum atomic E-state index is -0.410. The largest absolute Gasteiger partial charge is 0.376 e. The van der Waals surface area contributed by atoms with E-state index in [-0.39, 0.29) is 17.2 Å². The Kier molecular flexibility index (Phi) is 7.11. The Morgan fingerprint density at radius 2 is 1.88 bits per heavy atom.